The van der Waals surface area contributed by atoms with E-state index in [1.165, 1.54) is 37.4 Å². The first-order valence-corrected chi connectivity index (χ1v) is 10.8. The third-order valence-corrected chi connectivity index (χ3v) is 5.84. The predicted octanol–water partition coefficient (Wildman–Crippen LogP) is 7.10. The fraction of sp³-hybridized carbons (Fsp3) is 0.154. The van der Waals surface area contributed by atoms with E-state index in [1.54, 1.807) is 32.0 Å². The number of aryl methyl sites for hydroxylation is 2. The van der Waals surface area contributed by atoms with E-state index in [1.807, 2.05) is 0 Å². The molecule has 0 fully saturated rings. The summed E-state index contributed by atoms with van der Waals surface area (Å²) in [6.45, 7) is 3.31. The van der Waals surface area contributed by atoms with E-state index in [4.69, 9.17) is 30.2 Å². The summed E-state index contributed by atoms with van der Waals surface area (Å²) in [5.74, 6) is -3.34. The fourth-order valence-corrected chi connectivity index (χ4v) is 3.67. The highest BCUT2D eigenvalue weighted by Crippen LogP contribution is 2.39. The Balaban J connectivity index is 1.77. The number of hydrogen-bond donors (Lipinski definition) is 0. The van der Waals surface area contributed by atoms with Crippen LogP contribution in [-0.2, 0) is 6.18 Å². The topological polar surface area (TPSA) is 75.0 Å². The highest BCUT2D eigenvalue weighted by Gasteiger charge is 2.40. The summed E-state index contributed by atoms with van der Waals surface area (Å²) < 4.78 is 62.4. The van der Waals surface area contributed by atoms with Crippen LogP contribution in [0.2, 0.25) is 5.02 Å². The highest BCUT2D eigenvalue weighted by atomic mass is 35.5. The van der Waals surface area contributed by atoms with Crippen molar-refractivity contribution in [1.82, 2.24) is 0 Å². The van der Waals surface area contributed by atoms with E-state index in [9.17, 15) is 22.8 Å². The molecule has 0 bridgehead atoms. The molecule has 0 saturated carbocycles. The van der Waals surface area contributed by atoms with Gasteiger partial charge in [0, 0.05) is 11.1 Å². The minimum atomic E-state index is -5.05. The van der Waals surface area contributed by atoms with Crippen LogP contribution in [-0.4, -0.2) is 13.1 Å². The number of methoxy groups -OCH3 is 1. The molecular weight excluding hydrogens is 501 g/mol. The molecule has 0 radical (unpaired) electrons. The third-order valence-electron chi connectivity index (χ3n) is 5.25. The average molecular weight is 519 g/mol. The van der Waals surface area contributed by atoms with E-state index in [0.29, 0.717) is 16.1 Å². The number of esters is 1. The molecule has 0 spiro atoms. The van der Waals surface area contributed by atoms with Crippen LogP contribution < -0.4 is 19.6 Å². The lowest BCUT2D eigenvalue weighted by Gasteiger charge is -2.15. The molecule has 0 atom stereocenters. The summed E-state index contributed by atoms with van der Waals surface area (Å²) in [5, 5.41) is 0.233. The summed E-state index contributed by atoms with van der Waals surface area (Å²) in [7, 11) is 1.38. The van der Waals surface area contributed by atoms with Gasteiger partial charge in [0.25, 0.3) is 5.76 Å². The molecule has 0 unspecified atom stereocenters. The molecule has 1 aromatic heterocycles. The zero-order valence-corrected chi connectivity index (χ0v) is 19.9. The molecule has 10 heteroatoms. The van der Waals surface area contributed by atoms with Crippen LogP contribution in [0.5, 0.6) is 23.0 Å². The molecule has 6 nitrogen and oxygen atoms in total. The van der Waals surface area contributed by atoms with Crippen molar-refractivity contribution in [2.24, 2.45) is 0 Å². The minimum absolute atomic E-state index is 0.00564. The Labute approximate surface area is 207 Å². The lowest BCUT2D eigenvalue weighted by atomic mass is 10.1. The Hall–Kier alpha value is -3.98. The van der Waals surface area contributed by atoms with E-state index >= 15 is 0 Å². The first kappa shape index (κ1) is 25.1. The van der Waals surface area contributed by atoms with Crippen molar-refractivity contribution >= 4 is 28.5 Å². The van der Waals surface area contributed by atoms with Crippen LogP contribution in [0.3, 0.4) is 0 Å². The Morgan fingerprint density at radius 2 is 1.64 bits per heavy atom. The molecule has 186 valence electrons. The lowest BCUT2D eigenvalue weighted by Crippen LogP contribution is -2.16. The van der Waals surface area contributed by atoms with Crippen LogP contribution in [0.1, 0.15) is 27.2 Å². The summed E-state index contributed by atoms with van der Waals surface area (Å²) in [5.41, 5.74) is -0.251. The zero-order chi connectivity index (χ0) is 26.2. The van der Waals surface area contributed by atoms with Crippen LogP contribution in [0.25, 0.3) is 11.0 Å². The fourth-order valence-electron chi connectivity index (χ4n) is 3.56. The Bertz CT molecular complexity index is 1520. The summed E-state index contributed by atoms with van der Waals surface area (Å²) >= 11 is 6.11. The Morgan fingerprint density at radius 1 is 0.972 bits per heavy atom. The largest absolute Gasteiger partial charge is 0.496 e. The normalized spacial score (nSPS) is 11.4. The van der Waals surface area contributed by atoms with Gasteiger partial charge in [-0.15, -0.1) is 0 Å². The minimum Gasteiger partial charge on any atom is -0.496 e. The number of fused-ring (bicyclic) bond motifs is 1. The van der Waals surface area contributed by atoms with Gasteiger partial charge in [0.05, 0.1) is 12.5 Å². The molecule has 0 saturated heterocycles. The van der Waals surface area contributed by atoms with Crippen LogP contribution in [0.4, 0.5) is 13.2 Å². The highest BCUT2D eigenvalue weighted by molar-refractivity contribution is 6.32. The molecule has 0 N–H and O–H groups in total. The molecule has 4 aromatic rings. The Kier molecular flexibility index (Phi) is 6.69. The number of para-hydroxylation sites is 1. The van der Waals surface area contributed by atoms with Crippen molar-refractivity contribution < 1.29 is 36.6 Å². The monoisotopic (exact) mass is 518 g/mol. The van der Waals surface area contributed by atoms with Crippen LogP contribution >= 0.6 is 11.6 Å². The van der Waals surface area contributed by atoms with Crippen LogP contribution in [0.15, 0.2) is 63.8 Å². The number of rotatable bonds is 5. The van der Waals surface area contributed by atoms with Crippen molar-refractivity contribution in [3.8, 4) is 23.0 Å². The van der Waals surface area contributed by atoms with Crippen molar-refractivity contribution in [1.29, 1.82) is 0 Å². The second-order valence-corrected chi connectivity index (χ2v) is 8.19. The molecule has 0 aliphatic heterocycles. The summed E-state index contributed by atoms with van der Waals surface area (Å²) in [4.78, 5) is 25.6. The van der Waals surface area contributed by atoms with Crippen molar-refractivity contribution in [2.45, 2.75) is 20.0 Å². The maximum Gasteiger partial charge on any atom is 0.453 e. The Morgan fingerprint density at radius 3 is 2.28 bits per heavy atom. The third kappa shape index (κ3) is 4.87. The van der Waals surface area contributed by atoms with Crippen molar-refractivity contribution in [2.75, 3.05) is 7.11 Å². The van der Waals surface area contributed by atoms with E-state index < -0.39 is 34.7 Å². The molecule has 1 heterocycles. The second-order valence-electron chi connectivity index (χ2n) is 7.81. The number of benzene rings is 3. The van der Waals surface area contributed by atoms with Gasteiger partial charge in [-0.3, -0.25) is 4.79 Å². The summed E-state index contributed by atoms with van der Waals surface area (Å²) in [6.07, 6.45) is -5.05. The van der Waals surface area contributed by atoms with E-state index in [2.05, 4.69) is 0 Å². The maximum atomic E-state index is 13.9. The molecule has 3 aromatic carbocycles. The van der Waals surface area contributed by atoms with E-state index in [-0.39, 0.29) is 28.2 Å². The van der Waals surface area contributed by atoms with Gasteiger partial charge in [-0.25, -0.2) is 4.79 Å². The first-order valence-electron chi connectivity index (χ1n) is 10.5. The van der Waals surface area contributed by atoms with Gasteiger partial charge in [0.15, 0.2) is 0 Å². The van der Waals surface area contributed by atoms with Gasteiger partial charge in [-0.2, -0.15) is 13.2 Å². The predicted molar refractivity (Wildman–Crippen MR) is 126 cm³/mol. The first-order chi connectivity index (χ1) is 17.0. The molecule has 4 rings (SSSR count). The van der Waals surface area contributed by atoms with E-state index in [0.717, 1.165) is 6.07 Å². The van der Waals surface area contributed by atoms with Gasteiger partial charge in [0.1, 0.15) is 28.4 Å². The lowest BCUT2D eigenvalue weighted by molar-refractivity contribution is -0.154. The van der Waals surface area contributed by atoms with Gasteiger partial charge in [-0.1, -0.05) is 23.7 Å². The molecular formula is C26H18ClF3O6. The SMILES string of the molecule is COc1ccccc1C(=O)Oc1ccc2c(=O)c(Oc3cc(C)c(Cl)c(C)c3)c(C(F)(F)F)oc2c1. The standard InChI is InChI=1S/C26H18ClF3O6/c1-13-10-16(11-14(2)21(13)27)34-23-22(31)17-9-8-15(12-20(17)36-24(23)26(28,29)30)35-25(32)18-6-4-5-7-19(18)33-3/h4-12H,1-3H3. The zero-order valence-electron chi connectivity index (χ0n) is 19.2. The van der Waals surface area contributed by atoms with Crippen molar-refractivity contribution in [3.05, 3.63) is 92.3 Å². The van der Waals surface area contributed by atoms with Gasteiger partial charge in [0.2, 0.25) is 11.2 Å². The molecule has 0 aliphatic carbocycles. The number of carbonyl (C=O) groups is 1. The average Bonchev–Trinajstić information content (AvgIpc) is 2.83. The molecule has 36 heavy (non-hydrogen) atoms. The number of alkyl halides is 3. The molecule has 0 amide bonds. The van der Waals surface area contributed by atoms with Crippen molar-refractivity contribution in [3.63, 3.8) is 0 Å². The smallest absolute Gasteiger partial charge is 0.453 e. The van der Waals surface area contributed by atoms with Gasteiger partial charge < -0.3 is 18.6 Å². The van der Waals surface area contributed by atoms with Gasteiger partial charge >= 0.3 is 12.1 Å². The number of hydrogen-bond acceptors (Lipinski definition) is 6. The number of carbonyl (C=O) groups excluding carboxylic acids is 1. The quantitative estimate of drug-likeness (QED) is 0.207. The number of ether oxygens (including phenoxy) is 3. The molecule has 0 aliphatic rings. The maximum absolute atomic E-state index is 13.9. The van der Waals surface area contributed by atoms with Gasteiger partial charge in [-0.05, 0) is 61.4 Å². The summed E-state index contributed by atoms with van der Waals surface area (Å²) in [6, 6.07) is 12.6. The van der Waals surface area contributed by atoms with Crippen LogP contribution in [0, 0.1) is 13.8 Å². The second kappa shape index (κ2) is 9.58. The number of halogens is 4.